The molecule has 0 saturated heterocycles. The van der Waals surface area contributed by atoms with E-state index in [0.717, 1.165) is 16.7 Å². The first-order chi connectivity index (χ1) is 16.7. The second-order valence-electron chi connectivity index (χ2n) is 7.78. The molecular weight excluding hydrogens is 428 g/mol. The summed E-state index contributed by atoms with van der Waals surface area (Å²) in [6.07, 6.45) is 1.47. The first-order valence-corrected chi connectivity index (χ1v) is 11.1. The van der Waals surface area contributed by atoms with E-state index in [0.29, 0.717) is 29.6 Å². The number of ether oxygens (including phenoxy) is 2. The van der Waals surface area contributed by atoms with Crippen LogP contribution in [0, 0.1) is 0 Å². The molecule has 0 bridgehead atoms. The summed E-state index contributed by atoms with van der Waals surface area (Å²) in [5.41, 5.74) is 3.90. The van der Waals surface area contributed by atoms with Gasteiger partial charge in [-0.1, -0.05) is 72.8 Å². The van der Waals surface area contributed by atoms with Gasteiger partial charge in [-0.3, -0.25) is 0 Å². The number of carbonyl (C=O) groups excluding carboxylic acids is 1. The Bertz CT molecular complexity index is 1320. The summed E-state index contributed by atoms with van der Waals surface area (Å²) in [6, 6.07) is 26.9. The largest absolute Gasteiger partial charge is 0.489 e. The number of aromatic nitrogens is 3. The number of anilines is 1. The predicted molar refractivity (Wildman–Crippen MR) is 129 cm³/mol. The van der Waals surface area contributed by atoms with E-state index >= 15 is 0 Å². The first-order valence-electron chi connectivity index (χ1n) is 11.1. The minimum Gasteiger partial charge on any atom is -0.489 e. The van der Waals surface area contributed by atoms with E-state index in [-0.39, 0.29) is 6.61 Å². The van der Waals surface area contributed by atoms with Gasteiger partial charge in [0.2, 0.25) is 5.95 Å². The lowest BCUT2D eigenvalue weighted by Gasteiger charge is -2.29. The van der Waals surface area contributed by atoms with Crippen molar-refractivity contribution in [1.82, 2.24) is 14.8 Å². The van der Waals surface area contributed by atoms with E-state index in [1.165, 1.54) is 6.33 Å². The molecular formula is C27H24N4O3. The van der Waals surface area contributed by atoms with Crippen molar-refractivity contribution in [3.63, 3.8) is 0 Å². The highest BCUT2D eigenvalue weighted by atomic mass is 16.5. The summed E-state index contributed by atoms with van der Waals surface area (Å²) < 4.78 is 13.2. The van der Waals surface area contributed by atoms with Gasteiger partial charge in [0.1, 0.15) is 24.7 Å². The van der Waals surface area contributed by atoms with Crippen LogP contribution in [0.15, 0.2) is 96.8 Å². The molecule has 4 aromatic rings. The minimum absolute atomic E-state index is 0.265. The lowest BCUT2D eigenvalue weighted by atomic mass is 9.93. The van der Waals surface area contributed by atoms with Crippen LogP contribution < -0.4 is 10.1 Å². The maximum absolute atomic E-state index is 13.3. The minimum atomic E-state index is -0.534. The van der Waals surface area contributed by atoms with Gasteiger partial charge in [-0.25, -0.2) is 9.48 Å². The summed E-state index contributed by atoms with van der Waals surface area (Å²) in [5.74, 6) is 0.842. The van der Waals surface area contributed by atoms with E-state index in [9.17, 15) is 4.79 Å². The molecule has 0 radical (unpaired) electrons. The molecule has 34 heavy (non-hydrogen) atoms. The van der Waals surface area contributed by atoms with E-state index in [1.54, 1.807) is 11.6 Å². The molecule has 0 aliphatic carbocycles. The van der Waals surface area contributed by atoms with Gasteiger partial charge in [0.05, 0.1) is 17.9 Å². The summed E-state index contributed by atoms with van der Waals surface area (Å²) in [6.45, 7) is 2.51. The van der Waals surface area contributed by atoms with Crippen molar-refractivity contribution in [2.45, 2.75) is 19.6 Å². The number of rotatable bonds is 7. The van der Waals surface area contributed by atoms with Crippen LogP contribution in [0.2, 0.25) is 0 Å². The van der Waals surface area contributed by atoms with Crippen LogP contribution in [-0.2, 0) is 16.1 Å². The second kappa shape index (κ2) is 9.62. The fourth-order valence-corrected chi connectivity index (χ4v) is 4.04. The summed E-state index contributed by atoms with van der Waals surface area (Å²) in [5, 5.41) is 7.70. The van der Waals surface area contributed by atoms with Crippen molar-refractivity contribution in [2.24, 2.45) is 0 Å². The van der Waals surface area contributed by atoms with Gasteiger partial charge in [-0.05, 0) is 35.7 Å². The average Bonchev–Trinajstić information content (AvgIpc) is 3.36. The molecule has 1 atom stereocenters. The molecule has 1 aliphatic heterocycles. The number of hydrogen-bond donors (Lipinski definition) is 1. The van der Waals surface area contributed by atoms with Crippen LogP contribution >= 0.6 is 0 Å². The van der Waals surface area contributed by atoms with Crippen LogP contribution in [0.3, 0.4) is 0 Å². The fraction of sp³-hybridized carbons (Fsp3) is 0.148. The van der Waals surface area contributed by atoms with Gasteiger partial charge >= 0.3 is 5.97 Å². The van der Waals surface area contributed by atoms with Crippen LogP contribution in [0.25, 0.3) is 5.70 Å². The van der Waals surface area contributed by atoms with Crippen molar-refractivity contribution in [3.8, 4) is 5.75 Å². The molecule has 1 aromatic heterocycles. The SMILES string of the molecule is CCOC(=O)C1=C(c2ccccc2)Nc2ncnn2C1c1cccc(OCc2ccccc2)c1. The van der Waals surface area contributed by atoms with Crippen LogP contribution in [0.4, 0.5) is 5.95 Å². The number of fused-ring (bicyclic) bond motifs is 1. The quantitative estimate of drug-likeness (QED) is 0.404. The molecule has 1 unspecified atom stereocenters. The summed E-state index contributed by atoms with van der Waals surface area (Å²) in [7, 11) is 0. The monoisotopic (exact) mass is 452 g/mol. The van der Waals surface area contributed by atoms with Gasteiger partial charge in [-0.2, -0.15) is 10.1 Å². The Morgan fingerprint density at radius 3 is 2.53 bits per heavy atom. The number of esters is 1. The van der Waals surface area contributed by atoms with Crippen molar-refractivity contribution in [1.29, 1.82) is 0 Å². The smallest absolute Gasteiger partial charge is 0.338 e. The molecule has 0 amide bonds. The van der Waals surface area contributed by atoms with E-state index in [1.807, 2.05) is 84.9 Å². The van der Waals surface area contributed by atoms with Crippen molar-refractivity contribution in [2.75, 3.05) is 11.9 Å². The molecule has 170 valence electrons. The molecule has 0 fully saturated rings. The number of nitrogens with one attached hydrogen (secondary N) is 1. The highest BCUT2D eigenvalue weighted by molar-refractivity contribution is 6.02. The van der Waals surface area contributed by atoms with Gasteiger partial charge in [-0.15, -0.1) is 0 Å². The Balaban J connectivity index is 1.58. The van der Waals surface area contributed by atoms with Gasteiger partial charge in [0.15, 0.2) is 0 Å². The third-order valence-corrected chi connectivity index (χ3v) is 5.58. The molecule has 2 heterocycles. The van der Waals surface area contributed by atoms with E-state index in [4.69, 9.17) is 9.47 Å². The standard InChI is InChI=1S/C27H24N4O3/c1-2-33-26(32)23-24(20-12-7-4-8-13-20)30-27-28-18-29-31(27)25(23)21-14-9-15-22(16-21)34-17-19-10-5-3-6-11-19/h3-16,18,25H,2,17H2,1H3,(H,28,29,30). The van der Waals surface area contributed by atoms with Crippen molar-refractivity contribution in [3.05, 3.63) is 114 Å². The van der Waals surface area contributed by atoms with E-state index < -0.39 is 12.0 Å². The number of benzene rings is 3. The Morgan fingerprint density at radius 1 is 1.00 bits per heavy atom. The zero-order valence-electron chi connectivity index (χ0n) is 18.7. The number of carbonyl (C=O) groups is 1. The van der Waals surface area contributed by atoms with Crippen molar-refractivity contribution < 1.29 is 14.3 Å². The molecule has 0 spiro atoms. The molecule has 1 aliphatic rings. The summed E-state index contributed by atoms with van der Waals surface area (Å²) >= 11 is 0. The van der Waals surface area contributed by atoms with Crippen LogP contribution in [-0.4, -0.2) is 27.3 Å². The molecule has 7 heteroatoms. The number of hydrogen-bond acceptors (Lipinski definition) is 6. The Hall–Kier alpha value is -4.39. The lowest BCUT2D eigenvalue weighted by molar-refractivity contribution is -0.138. The van der Waals surface area contributed by atoms with Crippen LogP contribution in [0.1, 0.15) is 29.7 Å². The first kappa shape index (κ1) is 21.5. The van der Waals surface area contributed by atoms with E-state index in [2.05, 4.69) is 15.4 Å². The topological polar surface area (TPSA) is 78.3 Å². The van der Waals surface area contributed by atoms with Crippen molar-refractivity contribution >= 4 is 17.6 Å². The molecule has 0 saturated carbocycles. The Kier molecular flexibility index (Phi) is 6.07. The highest BCUT2D eigenvalue weighted by Crippen LogP contribution is 2.39. The molecule has 5 rings (SSSR count). The maximum atomic E-state index is 13.3. The van der Waals surface area contributed by atoms with Gasteiger partial charge in [0.25, 0.3) is 0 Å². The normalized spacial score (nSPS) is 14.8. The molecule has 1 N–H and O–H groups in total. The van der Waals surface area contributed by atoms with Gasteiger partial charge < -0.3 is 14.8 Å². The maximum Gasteiger partial charge on any atom is 0.338 e. The fourth-order valence-electron chi connectivity index (χ4n) is 4.04. The van der Waals surface area contributed by atoms with Crippen LogP contribution in [0.5, 0.6) is 5.75 Å². The molecule has 3 aromatic carbocycles. The Labute approximate surface area is 197 Å². The highest BCUT2D eigenvalue weighted by Gasteiger charge is 2.36. The summed E-state index contributed by atoms with van der Waals surface area (Å²) in [4.78, 5) is 17.6. The third kappa shape index (κ3) is 4.28. The lowest BCUT2D eigenvalue weighted by Crippen LogP contribution is -2.30. The molecule has 7 nitrogen and oxygen atoms in total. The predicted octanol–water partition coefficient (Wildman–Crippen LogP) is 4.85. The zero-order valence-corrected chi connectivity index (χ0v) is 18.7. The average molecular weight is 453 g/mol. The number of nitrogens with zero attached hydrogens (tertiary/aromatic N) is 3. The zero-order chi connectivity index (χ0) is 23.3. The third-order valence-electron chi connectivity index (χ3n) is 5.58. The van der Waals surface area contributed by atoms with Gasteiger partial charge in [0, 0.05) is 0 Å². The second-order valence-corrected chi connectivity index (χ2v) is 7.78. The Morgan fingerprint density at radius 2 is 1.76 bits per heavy atom.